The molecule has 1 saturated carbocycles. The minimum atomic E-state index is -3.58. The number of ether oxygens (including phenoxy) is 1. The molecule has 0 bridgehead atoms. The number of nitrogens with one attached hydrogen (secondary N) is 2. The summed E-state index contributed by atoms with van der Waals surface area (Å²) in [5.74, 6) is -0.114. The van der Waals surface area contributed by atoms with Crippen molar-refractivity contribution in [3.8, 4) is 22.8 Å². The largest absolute Gasteiger partial charge is 0.478 e. The van der Waals surface area contributed by atoms with Crippen molar-refractivity contribution in [3.63, 3.8) is 0 Å². The van der Waals surface area contributed by atoms with Crippen molar-refractivity contribution in [2.75, 3.05) is 23.6 Å². The Bertz CT molecular complexity index is 1620. The Hall–Kier alpha value is -3.89. The molecule has 0 unspecified atom stereocenters. The van der Waals surface area contributed by atoms with Crippen molar-refractivity contribution in [2.24, 2.45) is 5.92 Å². The number of anilines is 1. The molecule has 0 radical (unpaired) electrons. The van der Waals surface area contributed by atoms with E-state index in [1.54, 1.807) is 36.4 Å². The zero-order valence-corrected chi connectivity index (χ0v) is 21.1. The van der Waals surface area contributed by atoms with Gasteiger partial charge in [-0.2, -0.15) is 0 Å². The Morgan fingerprint density at radius 3 is 2.29 bits per heavy atom. The molecule has 1 aliphatic carbocycles. The topological polar surface area (TPSA) is 118 Å². The van der Waals surface area contributed by atoms with Gasteiger partial charge in [0.1, 0.15) is 34.2 Å². The molecule has 8 nitrogen and oxygen atoms in total. The van der Waals surface area contributed by atoms with E-state index in [1.807, 2.05) is 0 Å². The molecular formula is C28H25FN2O6S. The number of aromatic carboxylic acids is 1. The predicted octanol–water partition coefficient (Wildman–Crippen LogP) is 5.57. The van der Waals surface area contributed by atoms with E-state index in [4.69, 9.17) is 9.15 Å². The second kappa shape index (κ2) is 9.45. The van der Waals surface area contributed by atoms with Crippen LogP contribution in [-0.2, 0) is 10.0 Å². The Kier molecular flexibility index (Phi) is 6.08. The second-order valence-corrected chi connectivity index (χ2v) is 11.6. The highest BCUT2D eigenvalue weighted by molar-refractivity contribution is 7.92. The van der Waals surface area contributed by atoms with E-state index in [9.17, 15) is 22.7 Å². The Labute approximate surface area is 218 Å². The minimum Gasteiger partial charge on any atom is -0.478 e. The number of carboxylic acid groups (broad SMARTS) is 1. The van der Waals surface area contributed by atoms with Crippen LogP contribution in [0.5, 0.6) is 11.5 Å². The molecule has 3 aromatic carbocycles. The number of hydrogen-bond donors (Lipinski definition) is 3. The van der Waals surface area contributed by atoms with E-state index >= 15 is 0 Å². The first-order chi connectivity index (χ1) is 18.3. The fourth-order valence-electron chi connectivity index (χ4n) is 4.69. The summed E-state index contributed by atoms with van der Waals surface area (Å²) < 4.78 is 53.3. The molecule has 2 heterocycles. The van der Waals surface area contributed by atoms with Crippen LogP contribution in [0.3, 0.4) is 0 Å². The van der Waals surface area contributed by atoms with E-state index in [2.05, 4.69) is 10.0 Å². The van der Waals surface area contributed by atoms with Gasteiger partial charge in [0, 0.05) is 30.1 Å². The van der Waals surface area contributed by atoms with E-state index < -0.39 is 16.0 Å². The molecule has 1 saturated heterocycles. The van der Waals surface area contributed by atoms with Crippen LogP contribution in [0.1, 0.15) is 34.7 Å². The summed E-state index contributed by atoms with van der Waals surface area (Å²) >= 11 is 0. The van der Waals surface area contributed by atoms with Crippen LogP contribution < -0.4 is 14.8 Å². The molecule has 196 valence electrons. The third kappa shape index (κ3) is 4.97. The fraction of sp³-hybridized carbons (Fsp3) is 0.250. The summed E-state index contributed by atoms with van der Waals surface area (Å²) in [4.78, 5) is 12.3. The number of sulfonamides is 1. The summed E-state index contributed by atoms with van der Waals surface area (Å²) in [6, 6.07) is 15.7. The van der Waals surface area contributed by atoms with Crippen LogP contribution in [0.2, 0.25) is 0 Å². The number of carbonyl (C=O) groups is 1. The highest BCUT2D eigenvalue weighted by Gasteiger charge is 2.32. The van der Waals surface area contributed by atoms with Crippen molar-refractivity contribution >= 4 is 32.6 Å². The number of halogens is 1. The fourth-order valence-corrected chi connectivity index (χ4v) is 6.15. The van der Waals surface area contributed by atoms with Gasteiger partial charge < -0.3 is 19.6 Å². The first-order valence-electron chi connectivity index (χ1n) is 12.3. The van der Waals surface area contributed by atoms with Crippen LogP contribution >= 0.6 is 0 Å². The van der Waals surface area contributed by atoms with Crippen LogP contribution in [-0.4, -0.2) is 38.3 Å². The molecule has 10 heteroatoms. The maximum atomic E-state index is 13.2. The number of benzene rings is 3. The monoisotopic (exact) mass is 536 g/mol. The van der Waals surface area contributed by atoms with Gasteiger partial charge in [0.2, 0.25) is 10.0 Å². The highest BCUT2D eigenvalue weighted by Crippen LogP contribution is 2.47. The summed E-state index contributed by atoms with van der Waals surface area (Å²) in [7, 11) is -3.58. The van der Waals surface area contributed by atoms with Crippen molar-refractivity contribution in [2.45, 2.75) is 18.8 Å². The normalized spacial score (nSPS) is 15.8. The zero-order valence-electron chi connectivity index (χ0n) is 20.2. The van der Waals surface area contributed by atoms with Gasteiger partial charge >= 0.3 is 5.97 Å². The highest BCUT2D eigenvalue weighted by atomic mass is 32.2. The molecule has 1 aliphatic heterocycles. The molecule has 38 heavy (non-hydrogen) atoms. The lowest BCUT2D eigenvalue weighted by Gasteiger charge is -2.27. The smallest absolute Gasteiger partial charge is 0.340 e. The van der Waals surface area contributed by atoms with E-state index in [0.717, 1.165) is 18.4 Å². The molecule has 4 aromatic rings. The lowest BCUT2D eigenvalue weighted by molar-refractivity contribution is 0.0699. The van der Waals surface area contributed by atoms with Crippen LogP contribution in [0.25, 0.3) is 22.3 Å². The number of fused-ring (bicyclic) bond motifs is 1. The van der Waals surface area contributed by atoms with Crippen molar-refractivity contribution in [3.05, 3.63) is 77.6 Å². The maximum absolute atomic E-state index is 13.2. The lowest BCUT2D eigenvalue weighted by atomic mass is 10.0. The number of rotatable bonds is 9. The molecule has 0 atom stereocenters. The molecule has 6 rings (SSSR count). The molecule has 2 aliphatic rings. The van der Waals surface area contributed by atoms with E-state index in [1.165, 1.54) is 24.3 Å². The van der Waals surface area contributed by atoms with Gasteiger partial charge in [0.25, 0.3) is 0 Å². The van der Waals surface area contributed by atoms with E-state index in [0.29, 0.717) is 41.2 Å². The predicted molar refractivity (Wildman–Crippen MR) is 141 cm³/mol. The first-order valence-corrected chi connectivity index (χ1v) is 14.0. The van der Waals surface area contributed by atoms with Gasteiger partial charge in [0.15, 0.2) is 0 Å². The molecule has 0 amide bonds. The van der Waals surface area contributed by atoms with Crippen molar-refractivity contribution in [1.29, 1.82) is 0 Å². The lowest BCUT2D eigenvalue weighted by Crippen LogP contribution is -2.46. The third-order valence-corrected chi connectivity index (χ3v) is 8.28. The summed E-state index contributed by atoms with van der Waals surface area (Å²) in [6.45, 7) is 1.35. The molecule has 1 aromatic heterocycles. The van der Waals surface area contributed by atoms with Gasteiger partial charge in [0.05, 0.1) is 11.4 Å². The number of furan rings is 1. The van der Waals surface area contributed by atoms with Crippen LogP contribution in [0, 0.1) is 11.7 Å². The second-order valence-electron chi connectivity index (χ2n) is 9.81. The Balaban J connectivity index is 1.35. The molecule has 3 N–H and O–H groups in total. The summed E-state index contributed by atoms with van der Waals surface area (Å²) in [6.07, 6.45) is 1.82. The number of carboxylic acids is 1. The van der Waals surface area contributed by atoms with Crippen molar-refractivity contribution < 1.29 is 31.9 Å². The van der Waals surface area contributed by atoms with Gasteiger partial charge in [-0.05, 0) is 84.8 Å². The third-order valence-electron chi connectivity index (χ3n) is 6.84. The first kappa shape index (κ1) is 24.4. The maximum Gasteiger partial charge on any atom is 0.340 e. The zero-order chi connectivity index (χ0) is 26.4. The molecule has 0 spiro atoms. The SMILES string of the molecule is O=C(O)c1c(-c2ccc(Oc3ccc(F)cc3)cc2)oc2cc(NS(=O)(=O)CC3CNC3)c(C3CC3)cc12. The molecule has 2 fully saturated rings. The van der Waals surface area contributed by atoms with Gasteiger partial charge in [-0.25, -0.2) is 17.6 Å². The van der Waals surface area contributed by atoms with Crippen LogP contribution in [0.4, 0.5) is 10.1 Å². The number of hydrogen-bond acceptors (Lipinski definition) is 6. The Morgan fingerprint density at radius 1 is 1.05 bits per heavy atom. The average molecular weight is 537 g/mol. The molecular weight excluding hydrogens is 511 g/mol. The van der Waals surface area contributed by atoms with Gasteiger partial charge in [-0.15, -0.1) is 0 Å². The van der Waals surface area contributed by atoms with Gasteiger partial charge in [-0.1, -0.05) is 0 Å². The quantitative estimate of drug-likeness (QED) is 0.256. The van der Waals surface area contributed by atoms with Gasteiger partial charge in [-0.3, -0.25) is 4.72 Å². The average Bonchev–Trinajstić information content (AvgIpc) is 3.63. The summed E-state index contributed by atoms with van der Waals surface area (Å²) in [5, 5.41) is 13.6. The summed E-state index contributed by atoms with van der Waals surface area (Å²) in [5.41, 5.74) is 2.05. The van der Waals surface area contributed by atoms with E-state index in [-0.39, 0.29) is 40.3 Å². The Morgan fingerprint density at radius 2 is 1.71 bits per heavy atom. The standard InChI is InChI=1S/C28H25FN2O6S/c29-19-5-9-21(10-6-19)36-20-7-3-18(4-8-20)27-26(28(32)33)23-11-22(17-1-2-17)24(12-25(23)37-27)31-38(34,35)15-16-13-30-14-16/h3-12,16-17,30-31H,1-2,13-15H2,(H,32,33). The van der Waals surface area contributed by atoms with Crippen molar-refractivity contribution in [1.82, 2.24) is 5.32 Å². The minimum absolute atomic E-state index is 0.0176. The van der Waals surface area contributed by atoms with Crippen LogP contribution in [0.15, 0.2) is 65.1 Å².